The summed E-state index contributed by atoms with van der Waals surface area (Å²) in [6.07, 6.45) is 2.42. The summed E-state index contributed by atoms with van der Waals surface area (Å²) in [4.78, 5) is 37.3. The predicted molar refractivity (Wildman–Crippen MR) is 93.3 cm³/mol. The molecule has 24 heavy (non-hydrogen) atoms. The van der Waals surface area contributed by atoms with E-state index in [1.807, 2.05) is 38.1 Å². The van der Waals surface area contributed by atoms with Gasteiger partial charge in [0.15, 0.2) is 0 Å². The summed E-state index contributed by atoms with van der Waals surface area (Å²) in [6, 6.07) is 7.70. The Labute approximate surface area is 139 Å². The van der Waals surface area contributed by atoms with Crippen molar-refractivity contribution in [2.75, 3.05) is 5.32 Å². The number of nitrogens with zero attached hydrogens (tertiary/aromatic N) is 2. The molecule has 1 aromatic heterocycles. The highest BCUT2D eigenvalue weighted by Gasteiger charge is 2.32. The minimum absolute atomic E-state index is 0.0319. The minimum atomic E-state index is -0.563. The van der Waals surface area contributed by atoms with E-state index >= 15 is 0 Å². The third-order valence-electron chi connectivity index (χ3n) is 4.07. The standard InChI is InChI=1S/C18H19N3O3/c1-4-8-21-16-14(17(23)20(3)18(21)24)15(22)13(19-16)10-12-7-5-6-11(2)9-12/h5-7,9-10,19H,4,8H2,1-3H3/b13-10-. The summed E-state index contributed by atoms with van der Waals surface area (Å²) in [5, 5.41) is 2.98. The van der Waals surface area contributed by atoms with Crippen molar-refractivity contribution in [1.82, 2.24) is 9.13 Å². The molecule has 0 radical (unpaired) electrons. The number of aromatic nitrogens is 2. The summed E-state index contributed by atoms with van der Waals surface area (Å²) in [5.41, 5.74) is 1.30. The third kappa shape index (κ3) is 2.50. The fraction of sp³-hybridized carbons (Fsp3) is 0.278. The number of aryl methyl sites for hydroxylation is 1. The van der Waals surface area contributed by atoms with Gasteiger partial charge in [0.25, 0.3) is 5.56 Å². The van der Waals surface area contributed by atoms with Gasteiger partial charge in [0.2, 0.25) is 5.78 Å². The van der Waals surface area contributed by atoms with Gasteiger partial charge in [-0.05, 0) is 25.0 Å². The van der Waals surface area contributed by atoms with Gasteiger partial charge in [-0.25, -0.2) is 4.79 Å². The molecular weight excluding hydrogens is 306 g/mol. The molecule has 2 aromatic rings. The lowest BCUT2D eigenvalue weighted by Gasteiger charge is -2.11. The van der Waals surface area contributed by atoms with Crippen LogP contribution in [0.4, 0.5) is 5.82 Å². The van der Waals surface area contributed by atoms with E-state index in [4.69, 9.17) is 0 Å². The highest BCUT2D eigenvalue weighted by Crippen LogP contribution is 2.26. The van der Waals surface area contributed by atoms with E-state index in [2.05, 4.69) is 5.32 Å². The van der Waals surface area contributed by atoms with Crippen LogP contribution in [0.5, 0.6) is 0 Å². The second-order valence-corrected chi connectivity index (χ2v) is 5.95. The molecule has 3 rings (SSSR count). The maximum Gasteiger partial charge on any atom is 0.332 e. The molecule has 0 amide bonds. The van der Waals surface area contributed by atoms with Gasteiger partial charge in [0.1, 0.15) is 11.4 Å². The lowest BCUT2D eigenvalue weighted by Crippen LogP contribution is -2.40. The maximum absolute atomic E-state index is 12.7. The molecule has 1 aromatic carbocycles. The normalized spacial score (nSPS) is 14.8. The molecule has 0 atom stereocenters. The van der Waals surface area contributed by atoms with Gasteiger partial charge in [-0.3, -0.25) is 18.7 Å². The van der Waals surface area contributed by atoms with Crippen molar-refractivity contribution in [3.05, 3.63) is 67.5 Å². The number of hydrogen-bond donors (Lipinski definition) is 1. The lowest BCUT2D eigenvalue weighted by molar-refractivity contribution is 0.104. The van der Waals surface area contributed by atoms with E-state index in [-0.39, 0.29) is 11.3 Å². The molecule has 0 aliphatic carbocycles. The van der Waals surface area contributed by atoms with E-state index in [0.29, 0.717) is 18.1 Å². The fourth-order valence-corrected chi connectivity index (χ4v) is 2.88. The van der Waals surface area contributed by atoms with Gasteiger partial charge in [-0.15, -0.1) is 0 Å². The first-order valence-electron chi connectivity index (χ1n) is 7.88. The molecule has 0 saturated heterocycles. The van der Waals surface area contributed by atoms with E-state index in [1.165, 1.54) is 11.6 Å². The van der Waals surface area contributed by atoms with Crippen LogP contribution in [0.3, 0.4) is 0 Å². The molecule has 0 bridgehead atoms. The van der Waals surface area contributed by atoms with Gasteiger partial charge in [0.05, 0.1) is 5.70 Å². The predicted octanol–water partition coefficient (Wildman–Crippen LogP) is 1.91. The van der Waals surface area contributed by atoms with Crippen LogP contribution in [0.15, 0.2) is 39.6 Å². The Hall–Kier alpha value is -2.89. The Morgan fingerprint density at radius 2 is 1.96 bits per heavy atom. The van der Waals surface area contributed by atoms with Crippen molar-refractivity contribution >= 4 is 17.7 Å². The quantitative estimate of drug-likeness (QED) is 0.875. The number of carbonyl (C=O) groups is 1. The first-order valence-corrected chi connectivity index (χ1v) is 7.88. The van der Waals surface area contributed by atoms with Gasteiger partial charge < -0.3 is 5.32 Å². The minimum Gasteiger partial charge on any atom is -0.338 e. The summed E-state index contributed by atoms with van der Waals surface area (Å²) < 4.78 is 2.44. The van der Waals surface area contributed by atoms with Crippen molar-refractivity contribution in [1.29, 1.82) is 0 Å². The van der Waals surface area contributed by atoms with Gasteiger partial charge in [-0.2, -0.15) is 0 Å². The molecule has 0 unspecified atom stereocenters. The van der Waals surface area contributed by atoms with Gasteiger partial charge in [-0.1, -0.05) is 36.8 Å². The Morgan fingerprint density at radius 1 is 1.21 bits per heavy atom. The highest BCUT2D eigenvalue weighted by molar-refractivity contribution is 6.19. The molecule has 2 heterocycles. The first kappa shape index (κ1) is 16.0. The summed E-state index contributed by atoms with van der Waals surface area (Å²) in [6.45, 7) is 4.34. The topological polar surface area (TPSA) is 73.1 Å². The second-order valence-electron chi connectivity index (χ2n) is 5.95. The van der Waals surface area contributed by atoms with E-state index in [1.54, 1.807) is 6.08 Å². The van der Waals surface area contributed by atoms with Crippen molar-refractivity contribution in [3.63, 3.8) is 0 Å². The summed E-state index contributed by atoms with van der Waals surface area (Å²) in [7, 11) is 1.40. The number of benzene rings is 1. The molecule has 0 fully saturated rings. The Bertz CT molecular complexity index is 980. The molecule has 1 N–H and O–H groups in total. The average molecular weight is 325 g/mol. The second kappa shape index (κ2) is 5.96. The van der Waals surface area contributed by atoms with Crippen LogP contribution in [0, 0.1) is 6.92 Å². The number of anilines is 1. The number of ketones is 1. The van der Waals surface area contributed by atoms with Gasteiger partial charge in [0, 0.05) is 13.6 Å². The van der Waals surface area contributed by atoms with Crippen LogP contribution >= 0.6 is 0 Å². The zero-order valence-corrected chi connectivity index (χ0v) is 13.9. The molecule has 0 saturated carbocycles. The lowest BCUT2D eigenvalue weighted by atomic mass is 10.1. The largest absolute Gasteiger partial charge is 0.338 e. The monoisotopic (exact) mass is 325 g/mol. The Balaban J connectivity index is 2.17. The Morgan fingerprint density at radius 3 is 2.62 bits per heavy atom. The number of rotatable bonds is 3. The van der Waals surface area contributed by atoms with Crippen LogP contribution in [-0.2, 0) is 13.6 Å². The van der Waals surface area contributed by atoms with Crippen LogP contribution in [-0.4, -0.2) is 14.9 Å². The molecule has 0 spiro atoms. The molecule has 1 aliphatic rings. The van der Waals surface area contributed by atoms with Crippen LogP contribution in [0.25, 0.3) is 6.08 Å². The van der Waals surface area contributed by atoms with Crippen LogP contribution in [0.1, 0.15) is 34.8 Å². The maximum atomic E-state index is 12.7. The van der Waals surface area contributed by atoms with Crippen molar-refractivity contribution in [2.45, 2.75) is 26.8 Å². The zero-order chi connectivity index (χ0) is 17.4. The summed E-state index contributed by atoms with van der Waals surface area (Å²) in [5.74, 6) is -0.0780. The van der Waals surface area contributed by atoms with Crippen molar-refractivity contribution < 1.29 is 4.79 Å². The SMILES string of the molecule is CCCn1c2c(c(=O)n(C)c1=O)C(=O)/C(=C/c1cccc(C)c1)N2. The van der Waals surface area contributed by atoms with E-state index in [9.17, 15) is 14.4 Å². The number of nitrogens with one attached hydrogen (secondary N) is 1. The van der Waals surface area contributed by atoms with Crippen LogP contribution < -0.4 is 16.6 Å². The molecule has 6 heteroatoms. The zero-order valence-electron chi connectivity index (χ0n) is 13.9. The molecule has 6 nitrogen and oxygen atoms in total. The van der Waals surface area contributed by atoms with Crippen molar-refractivity contribution in [2.24, 2.45) is 7.05 Å². The summed E-state index contributed by atoms with van der Waals surface area (Å²) >= 11 is 0. The molecular formula is C18H19N3O3. The highest BCUT2D eigenvalue weighted by atomic mass is 16.2. The third-order valence-corrected chi connectivity index (χ3v) is 4.07. The van der Waals surface area contributed by atoms with Gasteiger partial charge >= 0.3 is 5.69 Å². The van der Waals surface area contributed by atoms with E-state index in [0.717, 1.165) is 22.1 Å². The fourth-order valence-electron chi connectivity index (χ4n) is 2.88. The van der Waals surface area contributed by atoms with Crippen LogP contribution in [0.2, 0.25) is 0 Å². The molecule has 1 aliphatic heterocycles. The number of allylic oxidation sites excluding steroid dienone is 1. The smallest absolute Gasteiger partial charge is 0.332 e. The average Bonchev–Trinajstić information content (AvgIpc) is 2.86. The first-order chi connectivity index (χ1) is 11.4. The number of carbonyl (C=O) groups excluding carboxylic acids is 1. The number of Topliss-reactive ketones (excluding diaryl/α,β-unsaturated/α-hetero) is 1. The van der Waals surface area contributed by atoms with Crippen molar-refractivity contribution in [3.8, 4) is 0 Å². The van der Waals surface area contributed by atoms with E-state index < -0.39 is 11.2 Å². The number of fused-ring (bicyclic) bond motifs is 1. The molecule has 124 valence electrons. The number of hydrogen-bond acceptors (Lipinski definition) is 4. The Kier molecular flexibility index (Phi) is 3.97.